The standard InChI is InChI=1S/C14H13NO3/c16-13-8-4-7-12(9-13)15(10-14(17)18)11-5-2-1-3-6-11/h1-9,16H,10H2,(H,17,18). The molecule has 0 aliphatic heterocycles. The van der Waals surface area contributed by atoms with Gasteiger partial charge in [0.15, 0.2) is 0 Å². The second kappa shape index (κ2) is 5.23. The fourth-order valence-electron chi connectivity index (χ4n) is 1.74. The first-order valence-corrected chi connectivity index (χ1v) is 5.50. The summed E-state index contributed by atoms with van der Waals surface area (Å²) in [6.45, 7) is -0.159. The number of aromatic hydroxyl groups is 1. The van der Waals surface area contributed by atoms with Crippen molar-refractivity contribution in [2.24, 2.45) is 0 Å². The van der Waals surface area contributed by atoms with Crippen LogP contribution in [-0.4, -0.2) is 22.7 Å². The number of phenols is 1. The molecule has 18 heavy (non-hydrogen) atoms. The Morgan fingerprint density at radius 2 is 1.67 bits per heavy atom. The van der Waals surface area contributed by atoms with Gasteiger partial charge in [-0.2, -0.15) is 0 Å². The van der Waals surface area contributed by atoms with Crippen LogP contribution in [0.25, 0.3) is 0 Å². The SMILES string of the molecule is O=C(O)CN(c1ccccc1)c1cccc(O)c1. The molecule has 2 aromatic rings. The van der Waals surface area contributed by atoms with Crippen molar-refractivity contribution in [2.45, 2.75) is 0 Å². The number of hydrogen-bond donors (Lipinski definition) is 2. The number of benzene rings is 2. The molecule has 0 heterocycles. The largest absolute Gasteiger partial charge is 0.508 e. The summed E-state index contributed by atoms with van der Waals surface area (Å²) in [6, 6.07) is 15.7. The average molecular weight is 243 g/mol. The molecular weight excluding hydrogens is 230 g/mol. The van der Waals surface area contributed by atoms with Crippen LogP contribution in [0.4, 0.5) is 11.4 Å². The maximum absolute atomic E-state index is 10.9. The summed E-state index contributed by atoms with van der Waals surface area (Å²) in [5.74, 6) is -0.819. The van der Waals surface area contributed by atoms with Gasteiger partial charge in [-0.3, -0.25) is 4.79 Å². The zero-order valence-electron chi connectivity index (χ0n) is 9.65. The molecule has 0 atom stereocenters. The predicted molar refractivity (Wildman–Crippen MR) is 69.2 cm³/mol. The molecule has 0 aromatic heterocycles. The van der Waals surface area contributed by atoms with Gasteiger partial charge in [0, 0.05) is 17.4 Å². The first-order chi connectivity index (χ1) is 8.66. The first kappa shape index (κ1) is 12.0. The van der Waals surface area contributed by atoms with Gasteiger partial charge in [0.25, 0.3) is 0 Å². The van der Waals surface area contributed by atoms with E-state index in [0.717, 1.165) is 5.69 Å². The van der Waals surface area contributed by atoms with Crippen LogP contribution in [0.1, 0.15) is 0 Å². The maximum atomic E-state index is 10.9. The number of carbonyl (C=O) groups is 1. The lowest BCUT2D eigenvalue weighted by Gasteiger charge is -2.23. The van der Waals surface area contributed by atoms with Crippen molar-refractivity contribution in [2.75, 3.05) is 11.4 Å². The minimum atomic E-state index is -0.929. The number of rotatable bonds is 4. The second-order valence-corrected chi connectivity index (χ2v) is 3.84. The van der Waals surface area contributed by atoms with Crippen molar-refractivity contribution in [3.63, 3.8) is 0 Å². The smallest absolute Gasteiger partial charge is 0.323 e. The van der Waals surface area contributed by atoms with Gasteiger partial charge >= 0.3 is 5.97 Å². The van der Waals surface area contributed by atoms with Gasteiger partial charge in [0.05, 0.1) is 0 Å². The van der Waals surface area contributed by atoms with Crippen LogP contribution in [0.3, 0.4) is 0 Å². The van der Waals surface area contributed by atoms with E-state index in [1.54, 1.807) is 23.1 Å². The number of para-hydroxylation sites is 1. The van der Waals surface area contributed by atoms with Crippen LogP contribution >= 0.6 is 0 Å². The summed E-state index contributed by atoms with van der Waals surface area (Å²) in [4.78, 5) is 12.6. The lowest BCUT2D eigenvalue weighted by atomic mass is 10.2. The van der Waals surface area contributed by atoms with E-state index in [-0.39, 0.29) is 12.3 Å². The van der Waals surface area contributed by atoms with Crippen molar-refractivity contribution in [1.29, 1.82) is 0 Å². The van der Waals surface area contributed by atoms with Gasteiger partial charge < -0.3 is 15.1 Å². The molecule has 92 valence electrons. The van der Waals surface area contributed by atoms with E-state index >= 15 is 0 Å². The van der Waals surface area contributed by atoms with Crippen LogP contribution in [-0.2, 0) is 4.79 Å². The van der Waals surface area contributed by atoms with Crippen LogP contribution < -0.4 is 4.90 Å². The Labute approximate surface area is 105 Å². The van der Waals surface area contributed by atoms with Gasteiger partial charge in [-0.15, -0.1) is 0 Å². The highest BCUT2D eigenvalue weighted by atomic mass is 16.4. The van der Waals surface area contributed by atoms with Crippen molar-refractivity contribution in [1.82, 2.24) is 0 Å². The Hall–Kier alpha value is -2.49. The lowest BCUT2D eigenvalue weighted by Crippen LogP contribution is -2.24. The Morgan fingerprint density at radius 3 is 2.28 bits per heavy atom. The Balaban J connectivity index is 2.40. The summed E-state index contributed by atoms with van der Waals surface area (Å²) >= 11 is 0. The number of carboxylic acid groups (broad SMARTS) is 1. The molecule has 0 saturated heterocycles. The van der Waals surface area contributed by atoms with Gasteiger partial charge in [0.2, 0.25) is 0 Å². The highest BCUT2D eigenvalue weighted by Gasteiger charge is 2.12. The molecule has 0 aliphatic rings. The third kappa shape index (κ3) is 2.79. The maximum Gasteiger partial charge on any atom is 0.323 e. The lowest BCUT2D eigenvalue weighted by molar-refractivity contribution is -0.135. The number of carboxylic acids is 1. The Kier molecular flexibility index (Phi) is 3.48. The molecule has 2 N–H and O–H groups in total. The number of hydrogen-bond acceptors (Lipinski definition) is 3. The molecule has 0 amide bonds. The molecule has 0 aliphatic carbocycles. The summed E-state index contributed by atoms with van der Waals surface area (Å²) in [5, 5.41) is 18.4. The summed E-state index contributed by atoms with van der Waals surface area (Å²) in [6.07, 6.45) is 0. The van der Waals surface area contributed by atoms with E-state index < -0.39 is 5.97 Å². The molecule has 0 fully saturated rings. The van der Waals surface area contributed by atoms with E-state index in [0.29, 0.717) is 5.69 Å². The van der Waals surface area contributed by atoms with Gasteiger partial charge in [-0.05, 0) is 24.3 Å². The monoisotopic (exact) mass is 243 g/mol. The van der Waals surface area contributed by atoms with Crippen LogP contribution in [0.2, 0.25) is 0 Å². The molecule has 0 saturated carbocycles. The minimum absolute atomic E-state index is 0.110. The molecule has 0 radical (unpaired) electrons. The van der Waals surface area contributed by atoms with Gasteiger partial charge in [-0.25, -0.2) is 0 Å². The normalized spacial score (nSPS) is 10.0. The summed E-state index contributed by atoms with van der Waals surface area (Å²) in [5.41, 5.74) is 1.41. The number of anilines is 2. The average Bonchev–Trinajstić information content (AvgIpc) is 2.37. The molecule has 2 rings (SSSR count). The molecular formula is C14H13NO3. The first-order valence-electron chi connectivity index (χ1n) is 5.50. The Bertz CT molecular complexity index is 540. The van der Waals surface area contributed by atoms with E-state index in [1.165, 1.54) is 6.07 Å². The molecule has 2 aromatic carbocycles. The van der Waals surface area contributed by atoms with Gasteiger partial charge in [-0.1, -0.05) is 24.3 Å². The fraction of sp³-hybridized carbons (Fsp3) is 0.0714. The molecule has 0 bridgehead atoms. The number of aliphatic carboxylic acids is 1. The molecule has 4 heteroatoms. The van der Waals surface area contributed by atoms with Crippen LogP contribution in [0.5, 0.6) is 5.75 Å². The number of nitrogens with zero attached hydrogens (tertiary/aromatic N) is 1. The van der Waals surface area contributed by atoms with Crippen molar-refractivity contribution < 1.29 is 15.0 Å². The minimum Gasteiger partial charge on any atom is -0.508 e. The van der Waals surface area contributed by atoms with Crippen LogP contribution in [0.15, 0.2) is 54.6 Å². The third-order valence-corrected chi connectivity index (χ3v) is 2.50. The topological polar surface area (TPSA) is 60.8 Å². The quantitative estimate of drug-likeness (QED) is 0.866. The van der Waals surface area contributed by atoms with E-state index in [4.69, 9.17) is 5.11 Å². The Morgan fingerprint density at radius 1 is 1.00 bits per heavy atom. The van der Waals surface area contributed by atoms with Gasteiger partial charge in [0.1, 0.15) is 12.3 Å². The van der Waals surface area contributed by atoms with Crippen molar-refractivity contribution in [3.05, 3.63) is 54.6 Å². The van der Waals surface area contributed by atoms with Crippen molar-refractivity contribution in [3.8, 4) is 5.75 Å². The van der Waals surface area contributed by atoms with Crippen molar-refractivity contribution >= 4 is 17.3 Å². The fourth-order valence-corrected chi connectivity index (χ4v) is 1.74. The molecule has 0 unspecified atom stereocenters. The zero-order chi connectivity index (χ0) is 13.0. The predicted octanol–water partition coefficient (Wildman–Crippen LogP) is 2.61. The third-order valence-electron chi connectivity index (χ3n) is 2.50. The van der Waals surface area contributed by atoms with E-state index in [2.05, 4.69) is 0 Å². The van der Waals surface area contributed by atoms with E-state index in [9.17, 15) is 9.90 Å². The molecule has 0 spiro atoms. The highest BCUT2D eigenvalue weighted by Crippen LogP contribution is 2.27. The highest BCUT2D eigenvalue weighted by molar-refractivity contribution is 5.78. The zero-order valence-corrected chi connectivity index (χ0v) is 9.65. The number of phenolic OH excluding ortho intramolecular Hbond substituents is 1. The second-order valence-electron chi connectivity index (χ2n) is 3.84. The molecule has 4 nitrogen and oxygen atoms in total. The summed E-state index contributed by atoms with van der Waals surface area (Å²) in [7, 11) is 0. The van der Waals surface area contributed by atoms with E-state index in [1.807, 2.05) is 30.3 Å². The van der Waals surface area contributed by atoms with Crippen LogP contribution in [0, 0.1) is 0 Å². The summed E-state index contributed by atoms with van der Waals surface area (Å²) < 4.78 is 0.